The fourth-order valence-electron chi connectivity index (χ4n) is 2.97. The Kier molecular flexibility index (Phi) is 20.9. The topological polar surface area (TPSA) is 57.2 Å². The van der Waals surface area contributed by atoms with Crippen molar-refractivity contribution in [1.29, 1.82) is 0 Å². The largest absolute Gasteiger partial charge is 0.394 e. The molecule has 0 aliphatic carbocycles. The van der Waals surface area contributed by atoms with Crippen LogP contribution < -0.4 is 0 Å². The van der Waals surface area contributed by atoms with Crippen molar-refractivity contribution < 1.29 is 24.4 Å². The Labute approximate surface area is 161 Å². The third-order valence-corrected chi connectivity index (χ3v) is 4.84. The van der Waals surface area contributed by atoms with Gasteiger partial charge in [0.1, 0.15) is 12.7 Å². The minimum atomic E-state index is -0.305. The monoisotopic (exact) mass is 376 g/mol. The Balaban J connectivity index is 3.33. The van der Waals surface area contributed by atoms with Crippen LogP contribution in [0.1, 0.15) is 90.4 Å². The predicted octanol–water partition coefficient (Wildman–Crippen LogP) is 5.05. The molecule has 0 aliphatic rings. The standard InChI is InChI=1S/C21H44O5/c1-4-5-6-7-9-12-15-20(23-2)16-13-10-8-11-14-17-25-26-19-21(18-22)24-3/h20-22H,4-19H2,1-3H3. The Morgan fingerprint density at radius 1 is 0.654 bits per heavy atom. The number of hydrogen-bond acceptors (Lipinski definition) is 5. The number of methoxy groups -OCH3 is 2. The van der Waals surface area contributed by atoms with E-state index in [2.05, 4.69) is 6.92 Å². The van der Waals surface area contributed by atoms with Crippen molar-refractivity contribution in [3.63, 3.8) is 0 Å². The number of rotatable bonds is 21. The Hall–Kier alpha value is -0.200. The number of unbranched alkanes of at least 4 members (excludes halogenated alkanes) is 9. The first-order chi connectivity index (χ1) is 12.8. The van der Waals surface area contributed by atoms with E-state index in [0.29, 0.717) is 12.7 Å². The van der Waals surface area contributed by atoms with Gasteiger partial charge in [0.15, 0.2) is 0 Å². The van der Waals surface area contributed by atoms with E-state index in [0.717, 1.165) is 12.8 Å². The maximum atomic E-state index is 8.93. The van der Waals surface area contributed by atoms with Gasteiger partial charge < -0.3 is 14.6 Å². The average Bonchev–Trinajstić information content (AvgIpc) is 2.67. The van der Waals surface area contributed by atoms with E-state index >= 15 is 0 Å². The molecule has 26 heavy (non-hydrogen) atoms. The van der Waals surface area contributed by atoms with E-state index in [1.807, 2.05) is 7.11 Å². The summed E-state index contributed by atoms with van der Waals surface area (Å²) in [4.78, 5) is 10.1. The molecule has 0 saturated carbocycles. The van der Waals surface area contributed by atoms with Crippen LogP contribution in [0, 0.1) is 0 Å². The first kappa shape index (κ1) is 25.8. The number of aliphatic hydroxyl groups excluding tert-OH is 1. The van der Waals surface area contributed by atoms with Crippen molar-refractivity contribution in [3.8, 4) is 0 Å². The molecule has 1 N–H and O–H groups in total. The molecule has 2 unspecified atom stereocenters. The van der Waals surface area contributed by atoms with Gasteiger partial charge in [-0.2, -0.15) is 0 Å². The number of ether oxygens (including phenoxy) is 2. The lowest BCUT2D eigenvalue weighted by Gasteiger charge is -2.15. The fraction of sp³-hybridized carbons (Fsp3) is 1.00. The second kappa shape index (κ2) is 21.1. The van der Waals surface area contributed by atoms with E-state index in [9.17, 15) is 0 Å². The number of hydrogen-bond donors (Lipinski definition) is 1. The van der Waals surface area contributed by atoms with Crippen LogP contribution in [0.15, 0.2) is 0 Å². The van der Waals surface area contributed by atoms with Gasteiger partial charge in [-0.15, -0.1) is 0 Å². The van der Waals surface area contributed by atoms with Gasteiger partial charge in [0.25, 0.3) is 0 Å². The van der Waals surface area contributed by atoms with E-state index in [-0.39, 0.29) is 19.3 Å². The number of aliphatic hydroxyl groups is 1. The van der Waals surface area contributed by atoms with Gasteiger partial charge in [-0.1, -0.05) is 71.1 Å². The molecule has 0 bridgehead atoms. The highest BCUT2D eigenvalue weighted by molar-refractivity contribution is 4.59. The quantitative estimate of drug-likeness (QED) is 0.173. The lowest BCUT2D eigenvalue weighted by Crippen LogP contribution is -2.22. The highest BCUT2D eigenvalue weighted by Gasteiger charge is 2.07. The first-order valence-corrected chi connectivity index (χ1v) is 10.7. The van der Waals surface area contributed by atoms with Crippen LogP contribution in [0.2, 0.25) is 0 Å². The van der Waals surface area contributed by atoms with Gasteiger partial charge in [0.2, 0.25) is 0 Å². The fourth-order valence-corrected chi connectivity index (χ4v) is 2.97. The smallest absolute Gasteiger partial charge is 0.111 e. The van der Waals surface area contributed by atoms with E-state index in [4.69, 9.17) is 24.4 Å². The molecule has 0 aromatic rings. The zero-order valence-electron chi connectivity index (χ0n) is 17.5. The summed E-state index contributed by atoms with van der Waals surface area (Å²) in [6, 6.07) is 0. The van der Waals surface area contributed by atoms with Crippen LogP contribution in [0.4, 0.5) is 0 Å². The van der Waals surface area contributed by atoms with E-state index in [1.54, 1.807) is 7.11 Å². The molecule has 0 spiro atoms. The molecule has 5 nitrogen and oxygen atoms in total. The molecular formula is C21H44O5. The summed E-state index contributed by atoms with van der Waals surface area (Å²) in [7, 11) is 3.40. The van der Waals surface area contributed by atoms with Crippen LogP contribution in [0.5, 0.6) is 0 Å². The molecule has 0 heterocycles. The van der Waals surface area contributed by atoms with Crippen molar-refractivity contribution in [2.45, 2.75) is 103 Å². The van der Waals surface area contributed by atoms with Gasteiger partial charge in [-0.3, -0.25) is 0 Å². The van der Waals surface area contributed by atoms with Gasteiger partial charge in [-0.25, -0.2) is 9.78 Å². The minimum Gasteiger partial charge on any atom is -0.394 e. The first-order valence-electron chi connectivity index (χ1n) is 10.7. The van der Waals surface area contributed by atoms with Crippen molar-refractivity contribution in [1.82, 2.24) is 0 Å². The van der Waals surface area contributed by atoms with Gasteiger partial charge in [-0.05, 0) is 19.3 Å². The maximum absolute atomic E-state index is 8.93. The molecule has 0 aromatic heterocycles. The van der Waals surface area contributed by atoms with Crippen molar-refractivity contribution >= 4 is 0 Å². The molecule has 0 rings (SSSR count). The molecule has 0 aliphatic heterocycles. The molecular weight excluding hydrogens is 332 g/mol. The Morgan fingerprint density at radius 3 is 1.73 bits per heavy atom. The lowest BCUT2D eigenvalue weighted by atomic mass is 10.0. The van der Waals surface area contributed by atoms with E-state index in [1.165, 1.54) is 70.6 Å². The molecule has 158 valence electrons. The van der Waals surface area contributed by atoms with Gasteiger partial charge in [0.05, 0.1) is 19.3 Å². The Morgan fingerprint density at radius 2 is 1.19 bits per heavy atom. The maximum Gasteiger partial charge on any atom is 0.111 e. The molecule has 0 aromatic carbocycles. The molecule has 0 fully saturated rings. The van der Waals surface area contributed by atoms with Gasteiger partial charge in [0, 0.05) is 14.2 Å². The van der Waals surface area contributed by atoms with Crippen molar-refractivity contribution in [2.75, 3.05) is 34.0 Å². The second-order valence-electron chi connectivity index (χ2n) is 7.12. The summed E-state index contributed by atoms with van der Waals surface area (Å²) in [5, 5.41) is 8.93. The van der Waals surface area contributed by atoms with Crippen molar-refractivity contribution in [2.24, 2.45) is 0 Å². The highest BCUT2D eigenvalue weighted by Crippen LogP contribution is 2.15. The predicted molar refractivity (Wildman–Crippen MR) is 106 cm³/mol. The molecule has 5 heteroatoms. The minimum absolute atomic E-state index is 0.0544. The SMILES string of the molecule is CCCCCCCCC(CCCCCCCOOCC(CO)OC)OC. The van der Waals surface area contributed by atoms with Crippen LogP contribution in [0.25, 0.3) is 0 Å². The summed E-state index contributed by atoms with van der Waals surface area (Å²) < 4.78 is 10.6. The summed E-state index contributed by atoms with van der Waals surface area (Å²) in [5.41, 5.74) is 0. The third kappa shape index (κ3) is 17.2. The molecule has 2 atom stereocenters. The summed E-state index contributed by atoms with van der Waals surface area (Å²) in [6.45, 7) is 3.07. The molecule has 0 saturated heterocycles. The summed E-state index contributed by atoms with van der Waals surface area (Å²) in [5.74, 6) is 0. The van der Waals surface area contributed by atoms with Crippen LogP contribution in [-0.2, 0) is 19.2 Å². The zero-order chi connectivity index (χ0) is 19.3. The lowest BCUT2D eigenvalue weighted by molar-refractivity contribution is -0.307. The van der Waals surface area contributed by atoms with Crippen LogP contribution in [0.3, 0.4) is 0 Å². The normalized spacial score (nSPS) is 13.8. The highest BCUT2D eigenvalue weighted by atomic mass is 17.2. The average molecular weight is 377 g/mol. The van der Waals surface area contributed by atoms with Crippen LogP contribution in [-0.4, -0.2) is 51.4 Å². The zero-order valence-corrected chi connectivity index (χ0v) is 17.5. The third-order valence-electron chi connectivity index (χ3n) is 4.84. The van der Waals surface area contributed by atoms with Crippen molar-refractivity contribution in [3.05, 3.63) is 0 Å². The van der Waals surface area contributed by atoms with Crippen LogP contribution >= 0.6 is 0 Å². The molecule has 0 amide bonds. The Bertz CT molecular complexity index is 259. The molecule has 0 radical (unpaired) electrons. The van der Waals surface area contributed by atoms with E-state index < -0.39 is 0 Å². The summed E-state index contributed by atoms with van der Waals surface area (Å²) in [6.07, 6.45) is 16.5. The summed E-state index contributed by atoms with van der Waals surface area (Å²) >= 11 is 0. The van der Waals surface area contributed by atoms with Gasteiger partial charge >= 0.3 is 0 Å². The second-order valence-corrected chi connectivity index (χ2v) is 7.12.